The molecular formula is C17H15N3O2S. The Morgan fingerprint density at radius 1 is 1.09 bits per heavy atom. The predicted molar refractivity (Wildman–Crippen MR) is 89.9 cm³/mol. The number of H-pyrrole nitrogens is 1. The Morgan fingerprint density at radius 3 is 2.52 bits per heavy atom. The molecule has 0 saturated carbocycles. The average molecular weight is 325 g/mol. The quantitative estimate of drug-likeness (QED) is 0.555. The largest absolute Gasteiger partial charge is 0.497 e. The van der Waals surface area contributed by atoms with Crippen LogP contribution >= 0.6 is 11.8 Å². The van der Waals surface area contributed by atoms with Gasteiger partial charge in [-0.1, -0.05) is 42.1 Å². The lowest BCUT2D eigenvalue weighted by molar-refractivity contribution is 0.102. The molecule has 0 fully saturated rings. The van der Waals surface area contributed by atoms with Gasteiger partial charge in [-0.15, -0.1) is 10.2 Å². The van der Waals surface area contributed by atoms with Crippen molar-refractivity contribution in [1.29, 1.82) is 0 Å². The highest BCUT2D eigenvalue weighted by molar-refractivity contribution is 7.99. The minimum absolute atomic E-state index is 0.0373. The number of ketones is 1. The molecule has 0 atom stereocenters. The molecule has 23 heavy (non-hydrogen) atoms. The predicted octanol–water partition coefficient (Wildman–Crippen LogP) is 3.46. The van der Waals surface area contributed by atoms with E-state index in [9.17, 15) is 4.79 Å². The van der Waals surface area contributed by atoms with E-state index in [-0.39, 0.29) is 5.78 Å². The van der Waals surface area contributed by atoms with Crippen LogP contribution in [0.2, 0.25) is 0 Å². The third-order valence-corrected chi connectivity index (χ3v) is 4.13. The number of rotatable bonds is 6. The molecule has 0 amide bonds. The Balaban J connectivity index is 1.62. The summed E-state index contributed by atoms with van der Waals surface area (Å²) >= 11 is 1.34. The minimum Gasteiger partial charge on any atom is -0.497 e. The first kappa shape index (κ1) is 15.3. The summed E-state index contributed by atoms with van der Waals surface area (Å²) in [6.45, 7) is 0. The molecule has 0 spiro atoms. The zero-order valence-electron chi connectivity index (χ0n) is 12.5. The Morgan fingerprint density at radius 2 is 1.83 bits per heavy atom. The molecule has 1 aromatic heterocycles. The van der Waals surface area contributed by atoms with E-state index in [1.54, 1.807) is 31.4 Å². The second kappa shape index (κ2) is 7.11. The van der Waals surface area contributed by atoms with Crippen LogP contribution in [-0.2, 0) is 0 Å². The SMILES string of the molecule is COc1ccc(C(=O)CSc2nnc(-c3ccccc3)[nH]2)cc1. The van der Waals surface area contributed by atoms with E-state index in [2.05, 4.69) is 15.2 Å². The van der Waals surface area contributed by atoms with Crippen LogP contribution in [0.3, 0.4) is 0 Å². The zero-order valence-corrected chi connectivity index (χ0v) is 13.3. The number of nitrogens with one attached hydrogen (secondary N) is 1. The molecule has 0 aliphatic rings. The molecule has 0 aliphatic heterocycles. The highest BCUT2D eigenvalue weighted by Gasteiger charge is 2.10. The number of hydrogen-bond donors (Lipinski definition) is 1. The maximum Gasteiger partial charge on any atom is 0.189 e. The van der Waals surface area contributed by atoms with E-state index in [1.165, 1.54) is 11.8 Å². The second-order valence-corrected chi connectivity index (χ2v) is 5.75. The lowest BCUT2D eigenvalue weighted by Crippen LogP contribution is -2.02. The molecule has 3 rings (SSSR count). The van der Waals surface area contributed by atoms with Crippen LogP contribution in [0.25, 0.3) is 11.4 Å². The van der Waals surface area contributed by atoms with Crippen LogP contribution in [-0.4, -0.2) is 33.8 Å². The fourth-order valence-corrected chi connectivity index (χ4v) is 2.73. The molecule has 0 bridgehead atoms. The number of nitrogens with zero attached hydrogens (tertiary/aromatic N) is 2. The number of benzene rings is 2. The third kappa shape index (κ3) is 3.78. The van der Waals surface area contributed by atoms with Crippen molar-refractivity contribution >= 4 is 17.5 Å². The second-order valence-electron chi connectivity index (χ2n) is 4.79. The van der Waals surface area contributed by atoms with Gasteiger partial charge in [-0.05, 0) is 24.3 Å². The van der Waals surface area contributed by atoms with Crippen molar-refractivity contribution in [3.8, 4) is 17.1 Å². The van der Waals surface area contributed by atoms with Crippen molar-refractivity contribution in [2.24, 2.45) is 0 Å². The third-order valence-electron chi connectivity index (χ3n) is 3.27. The maximum absolute atomic E-state index is 12.2. The number of methoxy groups -OCH3 is 1. The molecule has 1 N–H and O–H groups in total. The topological polar surface area (TPSA) is 67.9 Å². The molecular weight excluding hydrogens is 310 g/mol. The Bertz CT molecular complexity index is 785. The molecule has 116 valence electrons. The maximum atomic E-state index is 12.2. The molecule has 1 heterocycles. The smallest absolute Gasteiger partial charge is 0.189 e. The Labute approximate surface area is 138 Å². The number of aromatic nitrogens is 3. The van der Waals surface area contributed by atoms with Crippen molar-refractivity contribution in [2.75, 3.05) is 12.9 Å². The summed E-state index contributed by atoms with van der Waals surface area (Å²) in [5.74, 6) is 1.77. The highest BCUT2D eigenvalue weighted by atomic mass is 32.2. The lowest BCUT2D eigenvalue weighted by Gasteiger charge is -2.02. The monoisotopic (exact) mass is 325 g/mol. The van der Waals surface area contributed by atoms with Crippen LogP contribution in [0, 0.1) is 0 Å². The molecule has 2 aromatic carbocycles. The zero-order chi connectivity index (χ0) is 16.1. The number of Topliss-reactive ketones (excluding diaryl/α,β-unsaturated/α-hetero) is 1. The first-order valence-electron chi connectivity index (χ1n) is 7.04. The minimum atomic E-state index is 0.0373. The highest BCUT2D eigenvalue weighted by Crippen LogP contribution is 2.20. The number of carbonyl (C=O) groups is 1. The van der Waals surface area contributed by atoms with Gasteiger partial charge < -0.3 is 9.72 Å². The van der Waals surface area contributed by atoms with Gasteiger partial charge in [-0.25, -0.2) is 0 Å². The fourth-order valence-electron chi connectivity index (χ4n) is 2.03. The van der Waals surface area contributed by atoms with Gasteiger partial charge >= 0.3 is 0 Å². The van der Waals surface area contributed by atoms with E-state index in [4.69, 9.17) is 4.74 Å². The van der Waals surface area contributed by atoms with Crippen molar-refractivity contribution in [3.63, 3.8) is 0 Å². The number of carbonyl (C=O) groups excluding carboxylic acids is 1. The van der Waals surface area contributed by atoms with Crippen LogP contribution in [0.4, 0.5) is 0 Å². The number of aromatic amines is 1. The normalized spacial score (nSPS) is 10.5. The molecule has 5 nitrogen and oxygen atoms in total. The fraction of sp³-hybridized carbons (Fsp3) is 0.118. The lowest BCUT2D eigenvalue weighted by atomic mass is 10.1. The molecule has 0 aliphatic carbocycles. The van der Waals surface area contributed by atoms with Gasteiger partial charge in [0.2, 0.25) is 0 Å². The number of ether oxygens (including phenoxy) is 1. The summed E-state index contributed by atoms with van der Waals surface area (Å²) in [5, 5.41) is 8.81. The van der Waals surface area contributed by atoms with Gasteiger partial charge in [-0.3, -0.25) is 4.79 Å². The summed E-state index contributed by atoms with van der Waals surface area (Å²) in [6.07, 6.45) is 0. The van der Waals surface area contributed by atoms with Gasteiger partial charge in [-0.2, -0.15) is 0 Å². The van der Waals surface area contributed by atoms with Crippen molar-refractivity contribution < 1.29 is 9.53 Å². The summed E-state index contributed by atoms with van der Waals surface area (Å²) in [4.78, 5) is 15.3. The van der Waals surface area contributed by atoms with Gasteiger partial charge in [0.05, 0.1) is 12.9 Å². The van der Waals surface area contributed by atoms with Crippen LogP contribution < -0.4 is 4.74 Å². The number of thioether (sulfide) groups is 1. The van der Waals surface area contributed by atoms with E-state index < -0.39 is 0 Å². The average Bonchev–Trinajstić information content (AvgIpc) is 3.09. The van der Waals surface area contributed by atoms with E-state index >= 15 is 0 Å². The van der Waals surface area contributed by atoms with Crippen LogP contribution in [0.15, 0.2) is 59.8 Å². The summed E-state index contributed by atoms with van der Waals surface area (Å²) in [7, 11) is 1.60. The van der Waals surface area contributed by atoms with Gasteiger partial charge in [0.1, 0.15) is 5.75 Å². The first-order chi connectivity index (χ1) is 11.3. The van der Waals surface area contributed by atoms with E-state index in [0.29, 0.717) is 22.3 Å². The van der Waals surface area contributed by atoms with Gasteiger partial charge in [0.15, 0.2) is 16.8 Å². The Kier molecular flexibility index (Phi) is 4.73. The summed E-state index contributed by atoms with van der Waals surface area (Å²) in [5.41, 5.74) is 1.62. The van der Waals surface area contributed by atoms with Crippen molar-refractivity contribution in [3.05, 3.63) is 60.2 Å². The molecule has 6 heteroatoms. The molecule has 0 saturated heterocycles. The van der Waals surface area contributed by atoms with Crippen molar-refractivity contribution in [1.82, 2.24) is 15.2 Å². The standard InChI is InChI=1S/C17H15N3O2S/c1-22-14-9-7-12(8-10-14)15(21)11-23-17-18-16(19-20-17)13-5-3-2-4-6-13/h2-10H,11H2,1H3,(H,18,19,20). The Hall–Kier alpha value is -2.60. The summed E-state index contributed by atoms with van der Waals surface area (Å²) in [6, 6.07) is 16.8. The van der Waals surface area contributed by atoms with E-state index in [1.807, 2.05) is 30.3 Å². The summed E-state index contributed by atoms with van der Waals surface area (Å²) < 4.78 is 5.08. The van der Waals surface area contributed by atoms with E-state index in [0.717, 1.165) is 11.3 Å². The number of hydrogen-bond acceptors (Lipinski definition) is 5. The molecule has 0 radical (unpaired) electrons. The molecule has 0 unspecified atom stereocenters. The molecule has 3 aromatic rings. The van der Waals surface area contributed by atoms with Gasteiger partial charge in [0, 0.05) is 11.1 Å². The van der Waals surface area contributed by atoms with Crippen LogP contribution in [0.1, 0.15) is 10.4 Å². The first-order valence-corrected chi connectivity index (χ1v) is 8.03. The van der Waals surface area contributed by atoms with Crippen molar-refractivity contribution in [2.45, 2.75) is 5.16 Å². The van der Waals surface area contributed by atoms with Crippen LogP contribution in [0.5, 0.6) is 5.75 Å². The van der Waals surface area contributed by atoms with Gasteiger partial charge in [0.25, 0.3) is 0 Å².